The molecule has 0 saturated heterocycles. The number of carbonyl (C=O) groups is 5. The van der Waals surface area contributed by atoms with E-state index in [4.69, 9.17) is 5.73 Å². The van der Waals surface area contributed by atoms with E-state index in [2.05, 4.69) is 20.6 Å². The van der Waals surface area contributed by atoms with Crippen LogP contribution in [0.25, 0.3) is 0 Å². The number of aliphatic hydroxyl groups is 1. The Morgan fingerprint density at radius 2 is 1.57 bits per heavy atom. The summed E-state index contributed by atoms with van der Waals surface area (Å²) in [6, 6.07) is 2.88. The highest BCUT2D eigenvalue weighted by Gasteiger charge is 2.33. The van der Waals surface area contributed by atoms with Crippen molar-refractivity contribution >= 4 is 29.7 Å². The lowest BCUT2D eigenvalue weighted by atomic mass is 10.0. The molecule has 0 saturated carbocycles. The van der Waals surface area contributed by atoms with E-state index in [1.165, 1.54) is 12.5 Å². The molecule has 0 aliphatic rings. The largest absolute Gasteiger partial charge is 0.481 e. The molecule has 1 aromatic carbocycles. The maximum atomic E-state index is 13.2. The van der Waals surface area contributed by atoms with Crippen LogP contribution in [0.3, 0.4) is 0 Å². The van der Waals surface area contributed by atoms with Crippen LogP contribution in [0.4, 0.5) is 0 Å². The highest BCUT2D eigenvalue weighted by Crippen LogP contribution is 2.07. The van der Waals surface area contributed by atoms with Crippen LogP contribution >= 0.6 is 0 Å². The number of H-pyrrole nitrogens is 1. The molecular formula is C23H30N6O8. The zero-order valence-electron chi connectivity index (χ0n) is 20.0. The third-order valence-electron chi connectivity index (χ3n) is 5.31. The topological polar surface area (TPSA) is 237 Å². The number of carbonyl (C=O) groups excluding carboxylic acids is 3. The molecule has 5 unspecified atom stereocenters. The van der Waals surface area contributed by atoms with Gasteiger partial charge in [-0.3, -0.25) is 19.2 Å². The van der Waals surface area contributed by atoms with Gasteiger partial charge >= 0.3 is 11.9 Å². The van der Waals surface area contributed by atoms with Crippen molar-refractivity contribution in [1.82, 2.24) is 25.9 Å². The van der Waals surface area contributed by atoms with Gasteiger partial charge < -0.3 is 42.0 Å². The van der Waals surface area contributed by atoms with Gasteiger partial charge in [0.05, 0.1) is 24.9 Å². The number of amides is 3. The van der Waals surface area contributed by atoms with Crippen LogP contribution in [-0.4, -0.2) is 85.2 Å². The average Bonchev–Trinajstić information content (AvgIpc) is 3.34. The maximum Gasteiger partial charge on any atom is 0.328 e. The lowest BCUT2D eigenvalue weighted by molar-refractivity contribution is -0.146. The summed E-state index contributed by atoms with van der Waals surface area (Å²) < 4.78 is 0. The summed E-state index contributed by atoms with van der Waals surface area (Å²) in [5.41, 5.74) is 7.21. The molecule has 3 amide bonds. The van der Waals surface area contributed by atoms with Crippen LogP contribution in [0.15, 0.2) is 42.9 Å². The first-order chi connectivity index (χ1) is 17.5. The number of carboxylic acid groups (broad SMARTS) is 2. The smallest absolute Gasteiger partial charge is 0.328 e. The summed E-state index contributed by atoms with van der Waals surface area (Å²) in [5, 5.41) is 34.8. The van der Waals surface area contributed by atoms with Gasteiger partial charge in [-0.1, -0.05) is 30.3 Å². The summed E-state index contributed by atoms with van der Waals surface area (Å²) in [6.45, 7) is 1.13. The second-order valence-electron chi connectivity index (χ2n) is 8.36. The molecule has 0 fully saturated rings. The normalized spacial score (nSPS) is 14.9. The van der Waals surface area contributed by atoms with Crippen molar-refractivity contribution < 1.29 is 39.3 Å². The second kappa shape index (κ2) is 13.7. The number of nitrogens with two attached hydrogens (primary N) is 1. The number of aliphatic hydroxyl groups excluding tert-OH is 1. The molecule has 2 aromatic rings. The van der Waals surface area contributed by atoms with Crippen molar-refractivity contribution in [2.75, 3.05) is 0 Å². The van der Waals surface area contributed by atoms with Crippen molar-refractivity contribution in [3.05, 3.63) is 54.1 Å². The SMILES string of the molecule is CC(O)C(NC(=O)C(CC(=O)O)NC(=O)C(Cc1ccccc1)NC(=O)C(N)Cc1cnc[nH]1)C(=O)O. The van der Waals surface area contributed by atoms with Crippen molar-refractivity contribution in [1.29, 1.82) is 0 Å². The first-order valence-corrected chi connectivity index (χ1v) is 11.3. The van der Waals surface area contributed by atoms with Crippen LogP contribution in [0, 0.1) is 0 Å². The van der Waals surface area contributed by atoms with Gasteiger partial charge in [0.25, 0.3) is 0 Å². The minimum absolute atomic E-state index is 0.0119. The minimum Gasteiger partial charge on any atom is -0.481 e. The fraction of sp³-hybridized carbons (Fsp3) is 0.391. The predicted molar refractivity (Wildman–Crippen MR) is 128 cm³/mol. The van der Waals surface area contributed by atoms with Crippen molar-refractivity contribution in [3.63, 3.8) is 0 Å². The number of imidazole rings is 1. The van der Waals surface area contributed by atoms with E-state index in [1.807, 2.05) is 5.32 Å². The lowest BCUT2D eigenvalue weighted by Crippen LogP contribution is -2.59. The first kappa shape index (κ1) is 28.9. The molecule has 0 spiro atoms. The van der Waals surface area contributed by atoms with Crippen LogP contribution < -0.4 is 21.7 Å². The Hall–Kier alpha value is -4.30. The highest BCUT2D eigenvalue weighted by atomic mass is 16.4. The number of nitrogens with zero attached hydrogens (tertiary/aromatic N) is 1. The number of nitrogens with one attached hydrogen (secondary N) is 4. The molecule has 200 valence electrons. The predicted octanol–water partition coefficient (Wildman–Crippen LogP) is -2.08. The van der Waals surface area contributed by atoms with E-state index in [1.54, 1.807) is 30.3 Å². The summed E-state index contributed by atoms with van der Waals surface area (Å²) >= 11 is 0. The van der Waals surface area contributed by atoms with Crippen LogP contribution in [0.1, 0.15) is 24.6 Å². The second-order valence-corrected chi connectivity index (χ2v) is 8.36. The van der Waals surface area contributed by atoms with Gasteiger partial charge in [0.2, 0.25) is 17.7 Å². The Morgan fingerprint density at radius 3 is 2.11 bits per heavy atom. The zero-order valence-corrected chi connectivity index (χ0v) is 20.0. The number of aromatic nitrogens is 2. The monoisotopic (exact) mass is 518 g/mol. The molecule has 1 aromatic heterocycles. The summed E-state index contributed by atoms with van der Waals surface area (Å²) in [7, 11) is 0. The molecule has 0 aliphatic carbocycles. The molecule has 37 heavy (non-hydrogen) atoms. The molecular weight excluding hydrogens is 488 g/mol. The zero-order chi connectivity index (χ0) is 27.5. The van der Waals surface area contributed by atoms with Crippen LogP contribution in [0.5, 0.6) is 0 Å². The van der Waals surface area contributed by atoms with Crippen molar-refractivity contribution in [2.24, 2.45) is 5.73 Å². The fourth-order valence-corrected chi connectivity index (χ4v) is 3.36. The molecule has 1 heterocycles. The van der Waals surface area contributed by atoms with Crippen molar-refractivity contribution in [3.8, 4) is 0 Å². The van der Waals surface area contributed by atoms with Gasteiger partial charge in [-0.15, -0.1) is 0 Å². The summed E-state index contributed by atoms with van der Waals surface area (Å²) in [4.78, 5) is 67.9. The summed E-state index contributed by atoms with van der Waals surface area (Å²) in [5.74, 6) is -5.70. The Bertz CT molecular complexity index is 1080. The number of benzene rings is 1. The number of hydrogen-bond acceptors (Lipinski definition) is 8. The van der Waals surface area contributed by atoms with E-state index in [0.717, 1.165) is 6.92 Å². The Morgan fingerprint density at radius 1 is 0.946 bits per heavy atom. The number of aliphatic carboxylic acids is 2. The molecule has 2 rings (SSSR count). The lowest BCUT2D eigenvalue weighted by Gasteiger charge is -2.25. The van der Waals surface area contributed by atoms with Crippen LogP contribution in [-0.2, 0) is 36.8 Å². The van der Waals surface area contributed by atoms with E-state index in [0.29, 0.717) is 11.3 Å². The molecule has 0 aliphatic heterocycles. The van der Waals surface area contributed by atoms with E-state index >= 15 is 0 Å². The first-order valence-electron chi connectivity index (χ1n) is 11.3. The third-order valence-corrected chi connectivity index (χ3v) is 5.31. The standard InChI is InChI=1S/C23H30N6O8/c1-12(30)19(23(36)37)29-22(35)17(9-18(31)32)28-21(34)16(7-13-5-3-2-4-6-13)27-20(33)15(24)8-14-10-25-11-26-14/h2-6,10-12,15-17,19,30H,7-9,24H2,1H3,(H,25,26)(H,27,33)(H,28,34)(H,29,35)(H,31,32)(H,36,37). The number of rotatable bonds is 14. The van der Waals surface area contributed by atoms with E-state index in [-0.39, 0.29) is 12.8 Å². The van der Waals surface area contributed by atoms with Gasteiger partial charge in [-0.05, 0) is 12.5 Å². The molecule has 5 atom stereocenters. The number of carboxylic acids is 2. The minimum atomic E-state index is -1.74. The third kappa shape index (κ3) is 9.35. The van der Waals surface area contributed by atoms with Crippen LogP contribution in [0.2, 0.25) is 0 Å². The van der Waals surface area contributed by atoms with Crippen molar-refractivity contribution in [2.45, 2.75) is 56.5 Å². The van der Waals surface area contributed by atoms with E-state index < -0.39 is 66.4 Å². The quantitative estimate of drug-likeness (QED) is 0.136. The van der Waals surface area contributed by atoms with Gasteiger partial charge in [-0.25, -0.2) is 9.78 Å². The molecule has 0 bridgehead atoms. The average molecular weight is 519 g/mol. The fourth-order valence-electron chi connectivity index (χ4n) is 3.36. The maximum absolute atomic E-state index is 13.2. The van der Waals surface area contributed by atoms with Gasteiger partial charge in [0, 0.05) is 24.7 Å². The molecule has 0 radical (unpaired) electrons. The van der Waals surface area contributed by atoms with Gasteiger partial charge in [0.1, 0.15) is 12.1 Å². The van der Waals surface area contributed by atoms with Gasteiger partial charge in [0.15, 0.2) is 6.04 Å². The highest BCUT2D eigenvalue weighted by molar-refractivity contribution is 5.95. The molecule has 14 nitrogen and oxygen atoms in total. The Balaban J connectivity index is 2.21. The Labute approximate surface area is 211 Å². The molecule has 14 heteroatoms. The van der Waals surface area contributed by atoms with E-state index in [9.17, 15) is 39.3 Å². The molecule has 9 N–H and O–H groups in total. The number of aromatic amines is 1. The number of hydrogen-bond donors (Lipinski definition) is 8. The Kier molecular flexibility index (Phi) is 10.7. The van der Waals surface area contributed by atoms with Gasteiger partial charge in [-0.2, -0.15) is 0 Å². The summed E-state index contributed by atoms with van der Waals surface area (Å²) in [6.07, 6.45) is 0.631.